The number of Topliss-reactive ketones (excluding diaryl/α,β-unsaturated/α-hetero) is 1. The highest BCUT2D eigenvalue weighted by Gasteiger charge is 2.32. The largest absolute Gasteiger partial charge is 0.416 e. The Morgan fingerprint density at radius 1 is 1.11 bits per heavy atom. The number of rotatable bonds is 6. The number of carbonyl (C=O) groups is 1. The third kappa shape index (κ3) is 4.72. The normalized spacial score (nSPS) is 13.9. The zero-order valence-corrected chi connectivity index (χ0v) is 18.5. The zero-order chi connectivity index (χ0) is 24.6. The summed E-state index contributed by atoms with van der Waals surface area (Å²) >= 11 is 0. The lowest BCUT2D eigenvalue weighted by Gasteiger charge is -2.07. The maximum atomic E-state index is 13.0. The summed E-state index contributed by atoms with van der Waals surface area (Å²) in [6.07, 6.45) is 0.579. The van der Waals surface area contributed by atoms with Crippen LogP contribution in [0.25, 0.3) is 11.3 Å². The van der Waals surface area contributed by atoms with Crippen LogP contribution in [0.1, 0.15) is 52.3 Å². The highest BCUT2D eigenvalue weighted by Crippen LogP contribution is 2.36. The smallest absolute Gasteiger partial charge is 0.360 e. The second-order valence-corrected chi connectivity index (χ2v) is 8.25. The molecule has 4 heterocycles. The summed E-state index contributed by atoms with van der Waals surface area (Å²) in [5, 5.41) is 4.04. The van der Waals surface area contributed by atoms with Gasteiger partial charge in [0.25, 0.3) is 0 Å². The van der Waals surface area contributed by atoms with Crippen LogP contribution in [0.15, 0.2) is 70.7 Å². The van der Waals surface area contributed by atoms with Crippen molar-refractivity contribution in [3.63, 3.8) is 0 Å². The van der Waals surface area contributed by atoms with Gasteiger partial charge in [0, 0.05) is 42.8 Å². The Balaban J connectivity index is 1.28. The fraction of sp³-hybridized carbons (Fsp3) is 0.200. The van der Waals surface area contributed by atoms with Crippen molar-refractivity contribution in [3.05, 3.63) is 89.5 Å². The molecule has 0 saturated heterocycles. The quantitative estimate of drug-likeness (QED) is 0.336. The number of aliphatic imine (C=N–C) groups is 1. The second-order valence-electron chi connectivity index (χ2n) is 8.25. The molecule has 0 unspecified atom stereocenters. The van der Waals surface area contributed by atoms with Crippen molar-refractivity contribution in [2.75, 3.05) is 0 Å². The van der Waals surface area contributed by atoms with E-state index in [9.17, 15) is 18.0 Å². The molecule has 3 aromatic heterocycles. The number of aromatic nitrogens is 4. The lowest BCUT2D eigenvalue weighted by Crippen LogP contribution is -2.07. The average Bonchev–Trinajstić information content (AvgIpc) is 3.51. The van der Waals surface area contributed by atoms with Crippen LogP contribution in [0.2, 0.25) is 0 Å². The summed E-state index contributed by atoms with van der Waals surface area (Å²) in [6.45, 7) is 1.83. The first-order valence-electron chi connectivity index (χ1n) is 10.8. The second kappa shape index (κ2) is 8.86. The van der Waals surface area contributed by atoms with Crippen LogP contribution in [0.3, 0.4) is 0 Å². The third-order valence-corrected chi connectivity index (χ3v) is 5.73. The van der Waals surface area contributed by atoms with E-state index in [2.05, 4.69) is 25.1 Å². The van der Waals surface area contributed by atoms with Gasteiger partial charge in [0.1, 0.15) is 23.5 Å². The summed E-state index contributed by atoms with van der Waals surface area (Å²) in [7, 11) is 0. The number of carbonyl (C=O) groups excluding carboxylic acids is 1. The Hall–Kier alpha value is -4.21. The monoisotopic (exact) mass is 477 g/mol. The van der Waals surface area contributed by atoms with E-state index in [1.165, 1.54) is 12.4 Å². The number of benzene rings is 1. The van der Waals surface area contributed by atoms with Crippen LogP contribution in [0, 0.1) is 0 Å². The topological polar surface area (TPSA) is 94.1 Å². The van der Waals surface area contributed by atoms with Gasteiger partial charge in [-0.05, 0) is 42.0 Å². The standard InChI is InChI=1S/C25H18F3N5O2/c1-14(7-23(34)22-10-19(30-13-31-22)15-3-2-6-29-12-15)24-11-21(33-35-24)20-9-16-8-17(25(26,27)28)4-5-18(16)32-20/h2-6,8,10-14H,7,9H2,1H3/t14-/m0/s1. The Bertz CT molecular complexity index is 1430. The van der Waals surface area contributed by atoms with Crippen molar-refractivity contribution in [1.29, 1.82) is 0 Å². The van der Waals surface area contributed by atoms with Gasteiger partial charge in [-0.3, -0.25) is 14.8 Å². The molecule has 0 bridgehead atoms. The molecular formula is C25H18F3N5O2. The molecule has 5 rings (SSSR count). The predicted molar refractivity (Wildman–Crippen MR) is 120 cm³/mol. The molecular weight excluding hydrogens is 459 g/mol. The first-order chi connectivity index (χ1) is 16.8. The molecule has 4 aromatic rings. The molecule has 0 aliphatic carbocycles. The molecule has 0 amide bonds. The summed E-state index contributed by atoms with van der Waals surface area (Å²) < 4.78 is 44.4. The molecule has 176 valence electrons. The fourth-order valence-electron chi connectivity index (χ4n) is 3.85. The minimum Gasteiger partial charge on any atom is -0.360 e. The van der Waals surface area contributed by atoms with Crippen molar-refractivity contribution < 1.29 is 22.5 Å². The summed E-state index contributed by atoms with van der Waals surface area (Å²) in [5.41, 5.74) is 2.86. The molecule has 1 atom stereocenters. The van der Waals surface area contributed by atoms with Crippen LogP contribution in [-0.2, 0) is 12.6 Å². The number of fused-ring (bicyclic) bond motifs is 1. The molecule has 0 saturated carbocycles. The molecule has 10 heteroatoms. The lowest BCUT2D eigenvalue weighted by molar-refractivity contribution is -0.137. The van der Waals surface area contributed by atoms with E-state index in [0.29, 0.717) is 34.1 Å². The summed E-state index contributed by atoms with van der Waals surface area (Å²) in [4.78, 5) is 29.6. The SMILES string of the molecule is C[C@@H](CC(=O)c1cc(-c2cccnc2)ncn1)c1cc(C2=Nc3ccc(C(F)(F)F)cc3C2)no1. The highest BCUT2D eigenvalue weighted by molar-refractivity contribution is 6.05. The first-order valence-corrected chi connectivity index (χ1v) is 10.8. The highest BCUT2D eigenvalue weighted by atomic mass is 19.4. The van der Waals surface area contributed by atoms with Gasteiger partial charge in [-0.1, -0.05) is 12.1 Å². The molecule has 0 N–H and O–H groups in total. The molecule has 0 spiro atoms. The summed E-state index contributed by atoms with van der Waals surface area (Å²) in [6, 6.07) is 10.4. The Labute approximate surface area is 197 Å². The van der Waals surface area contributed by atoms with E-state index < -0.39 is 11.7 Å². The number of hydrogen-bond acceptors (Lipinski definition) is 7. The van der Waals surface area contributed by atoms with Crippen LogP contribution in [0.4, 0.5) is 18.9 Å². The molecule has 1 aromatic carbocycles. The van der Waals surface area contributed by atoms with Gasteiger partial charge in [0.05, 0.1) is 22.7 Å². The van der Waals surface area contributed by atoms with Gasteiger partial charge >= 0.3 is 6.18 Å². The predicted octanol–water partition coefficient (Wildman–Crippen LogP) is 5.60. The number of nitrogens with zero attached hydrogens (tertiary/aromatic N) is 5. The molecule has 1 aliphatic rings. The molecule has 0 fully saturated rings. The van der Waals surface area contributed by atoms with E-state index >= 15 is 0 Å². The average molecular weight is 477 g/mol. The van der Waals surface area contributed by atoms with Gasteiger partial charge in [0.2, 0.25) is 0 Å². The van der Waals surface area contributed by atoms with E-state index in [1.54, 1.807) is 30.6 Å². The van der Waals surface area contributed by atoms with E-state index in [-0.39, 0.29) is 30.2 Å². The van der Waals surface area contributed by atoms with Crippen molar-refractivity contribution >= 4 is 17.2 Å². The molecule has 0 radical (unpaired) electrons. The molecule has 1 aliphatic heterocycles. The van der Waals surface area contributed by atoms with Crippen molar-refractivity contribution in [1.82, 2.24) is 20.1 Å². The Morgan fingerprint density at radius 3 is 2.74 bits per heavy atom. The van der Waals surface area contributed by atoms with Crippen LogP contribution in [0.5, 0.6) is 0 Å². The third-order valence-electron chi connectivity index (χ3n) is 5.73. The van der Waals surface area contributed by atoms with Gasteiger partial charge in [-0.25, -0.2) is 9.97 Å². The minimum absolute atomic E-state index is 0.125. The van der Waals surface area contributed by atoms with E-state index in [0.717, 1.165) is 17.7 Å². The van der Waals surface area contributed by atoms with E-state index in [4.69, 9.17) is 4.52 Å². The van der Waals surface area contributed by atoms with Crippen LogP contribution < -0.4 is 0 Å². The lowest BCUT2D eigenvalue weighted by atomic mass is 9.98. The summed E-state index contributed by atoms with van der Waals surface area (Å²) in [5.74, 6) is -0.0143. The molecule has 7 nitrogen and oxygen atoms in total. The zero-order valence-electron chi connectivity index (χ0n) is 18.5. The number of alkyl halides is 3. The Morgan fingerprint density at radius 2 is 1.97 bits per heavy atom. The maximum Gasteiger partial charge on any atom is 0.416 e. The van der Waals surface area contributed by atoms with Gasteiger partial charge in [0.15, 0.2) is 5.78 Å². The fourth-order valence-corrected chi connectivity index (χ4v) is 3.85. The van der Waals surface area contributed by atoms with Gasteiger partial charge < -0.3 is 4.52 Å². The maximum absolute atomic E-state index is 13.0. The number of pyridine rings is 1. The minimum atomic E-state index is -4.41. The van der Waals surface area contributed by atoms with Crippen molar-refractivity contribution in [2.45, 2.75) is 31.9 Å². The first kappa shape index (κ1) is 22.6. The number of halogens is 3. The van der Waals surface area contributed by atoms with Gasteiger partial charge in [-0.2, -0.15) is 13.2 Å². The Kier molecular flexibility index (Phi) is 5.72. The molecule has 35 heavy (non-hydrogen) atoms. The van der Waals surface area contributed by atoms with Crippen molar-refractivity contribution in [2.24, 2.45) is 4.99 Å². The number of ketones is 1. The number of hydrogen-bond donors (Lipinski definition) is 0. The van der Waals surface area contributed by atoms with Crippen LogP contribution in [-0.4, -0.2) is 31.6 Å². The van der Waals surface area contributed by atoms with Crippen LogP contribution >= 0.6 is 0 Å². The van der Waals surface area contributed by atoms with Crippen molar-refractivity contribution in [3.8, 4) is 11.3 Å². The van der Waals surface area contributed by atoms with E-state index in [1.807, 2.05) is 13.0 Å². The van der Waals surface area contributed by atoms with Gasteiger partial charge in [-0.15, -0.1) is 0 Å².